The Morgan fingerprint density at radius 1 is 1.00 bits per heavy atom. The van der Waals surface area contributed by atoms with Gasteiger partial charge in [0.25, 0.3) is 0 Å². The fraction of sp³-hybridized carbons (Fsp3) is 0.133. The van der Waals surface area contributed by atoms with Crippen LogP contribution in [0, 0.1) is 11.3 Å². The van der Waals surface area contributed by atoms with E-state index < -0.39 is 0 Å². The van der Waals surface area contributed by atoms with Gasteiger partial charge in [0.2, 0.25) is 0 Å². The summed E-state index contributed by atoms with van der Waals surface area (Å²) in [4.78, 5) is 0. The molecule has 108 valence electrons. The molecule has 1 unspecified atom stereocenters. The third kappa shape index (κ3) is 3.56. The van der Waals surface area contributed by atoms with E-state index in [0.29, 0.717) is 31.3 Å². The summed E-state index contributed by atoms with van der Waals surface area (Å²) in [7, 11) is 0. The average molecular weight is 360 g/mol. The van der Waals surface area contributed by atoms with Gasteiger partial charge in [-0.1, -0.05) is 52.5 Å². The molecular formula is C15H10Cl4N2. The lowest BCUT2D eigenvalue weighted by molar-refractivity contribution is 0.885. The Labute approximate surface area is 143 Å². The van der Waals surface area contributed by atoms with E-state index in [1.807, 2.05) is 6.92 Å². The lowest BCUT2D eigenvalue weighted by atomic mass is 10.1. The number of nitrogens with one attached hydrogen (secondary N) is 1. The molecule has 0 saturated carbocycles. The van der Waals surface area contributed by atoms with Gasteiger partial charge in [-0.15, -0.1) is 0 Å². The zero-order chi connectivity index (χ0) is 15.6. The van der Waals surface area contributed by atoms with E-state index in [0.717, 1.165) is 5.56 Å². The molecule has 0 amide bonds. The van der Waals surface area contributed by atoms with Crippen molar-refractivity contribution >= 4 is 52.1 Å². The van der Waals surface area contributed by atoms with E-state index in [2.05, 4.69) is 11.4 Å². The molecule has 1 N–H and O–H groups in total. The van der Waals surface area contributed by atoms with Crippen molar-refractivity contribution in [2.75, 3.05) is 5.32 Å². The zero-order valence-electron chi connectivity index (χ0n) is 10.9. The molecule has 0 bridgehead atoms. The van der Waals surface area contributed by atoms with Crippen LogP contribution in [0.3, 0.4) is 0 Å². The molecule has 21 heavy (non-hydrogen) atoms. The molecule has 2 rings (SSSR count). The van der Waals surface area contributed by atoms with Gasteiger partial charge in [-0.05, 0) is 36.8 Å². The SMILES string of the molecule is CC(Nc1cc(C#N)ccc1Cl)c1ccc(Cl)c(Cl)c1Cl. The van der Waals surface area contributed by atoms with E-state index in [1.54, 1.807) is 30.3 Å². The van der Waals surface area contributed by atoms with Crippen LogP contribution in [0.15, 0.2) is 30.3 Å². The van der Waals surface area contributed by atoms with Crippen molar-refractivity contribution in [1.82, 2.24) is 0 Å². The number of rotatable bonds is 3. The minimum Gasteiger partial charge on any atom is -0.377 e. The second-order valence-corrected chi connectivity index (χ2v) is 6.01. The largest absolute Gasteiger partial charge is 0.377 e. The minimum absolute atomic E-state index is 0.154. The van der Waals surface area contributed by atoms with Gasteiger partial charge in [-0.2, -0.15) is 5.26 Å². The predicted octanol–water partition coefficient (Wildman–Crippen LogP) is 6.34. The Hall–Kier alpha value is -1.11. The van der Waals surface area contributed by atoms with Gasteiger partial charge >= 0.3 is 0 Å². The summed E-state index contributed by atoms with van der Waals surface area (Å²) in [6, 6.07) is 10.4. The fourth-order valence-corrected chi connectivity index (χ4v) is 2.77. The van der Waals surface area contributed by atoms with Crippen LogP contribution >= 0.6 is 46.4 Å². The summed E-state index contributed by atoms with van der Waals surface area (Å²) < 4.78 is 0. The molecule has 0 aliphatic rings. The molecule has 0 fully saturated rings. The van der Waals surface area contributed by atoms with Crippen LogP contribution < -0.4 is 5.32 Å². The first kappa shape index (κ1) is 16.3. The van der Waals surface area contributed by atoms with Crippen molar-refractivity contribution in [3.05, 3.63) is 61.5 Å². The van der Waals surface area contributed by atoms with E-state index in [-0.39, 0.29) is 6.04 Å². The highest BCUT2D eigenvalue weighted by atomic mass is 35.5. The van der Waals surface area contributed by atoms with E-state index >= 15 is 0 Å². The van der Waals surface area contributed by atoms with Crippen LogP contribution in [0.2, 0.25) is 20.1 Å². The molecule has 0 spiro atoms. The van der Waals surface area contributed by atoms with Gasteiger partial charge in [-0.25, -0.2) is 0 Å². The Balaban J connectivity index is 2.33. The summed E-state index contributed by atoms with van der Waals surface area (Å²) in [5, 5.41) is 13.8. The Bertz CT molecular complexity index is 722. The van der Waals surface area contributed by atoms with E-state index in [9.17, 15) is 0 Å². The highest BCUT2D eigenvalue weighted by Crippen LogP contribution is 2.37. The lowest BCUT2D eigenvalue weighted by Crippen LogP contribution is -2.08. The first-order chi connectivity index (χ1) is 9.93. The molecule has 0 aliphatic carbocycles. The molecule has 0 aliphatic heterocycles. The molecule has 1 atom stereocenters. The van der Waals surface area contributed by atoms with Crippen LogP contribution in [-0.2, 0) is 0 Å². The number of nitriles is 1. The summed E-state index contributed by atoms with van der Waals surface area (Å²) >= 11 is 24.3. The highest BCUT2D eigenvalue weighted by molar-refractivity contribution is 6.48. The van der Waals surface area contributed by atoms with Crippen LogP contribution in [0.1, 0.15) is 24.1 Å². The van der Waals surface area contributed by atoms with Crippen LogP contribution in [-0.4, -0.2) is 0 Å². The number of nitrogens with zero attached hydrogens (tertiary/aromatic N) is 1. The van der Waals surface area contributed by atoms with Gasteiger partial charge in [0.05, 0.1) is 43.5 Å². The molecule has 0 radical (unpaired) electrons. The smallest absolute Gasteiger partial charge is 0.0992 e. The van der Waals surface area contributed by atoms with Crippen molar-refractivity contribution in [1.29, 1.82) is 5.26 Å². The summed E-state index contributed by atoms with van der Waals surface area (Å²) in [6.45, 7) is 1.92. The van der Waals surface area contributed by atoms with E-state index in [4.69, 9.17) is 51.7 Å². The Kier molecular flexibility index (Phi) is 5.24. The van der Waals surface area contributed by atoms with Crippen molar-refractivity contribution in [3.8, 4) is 6.07 Å². The van der Waals surface area contributed by atoms with Crippen molar-refractivity contribution in [3.63, 3.8) is 0 Å². The first-order valence-corrected chi connectivity index (χ1v) is 7.54. The molecule has 0 saturated heterocycles. The van der Waals surface area contributed by atoms with Crippen LogP contribution in [0.25, 0.3) is 0 Å². The van der Waals surface area contributed by atoms with Gasteiger partial charge in [0.1, 0.15) is 0 Å². The van der Waals surface area contributed by atoms with Gasteiger partial charge < -0.3 is 5.32 Å². The maximum Gasteiger partial charge on any atom is 0.0992 e. The lowest BCUT2D eigenvalue weighted by Gasteiger charge is -2.19. The molecule has 6 heteroatoms. The summed E-state index contributed by atoms with van der Waals surface area (Å²) in [5.74, 6) is 0. The van der Waals surface area contributed by atoms with E-state index in [1.165, 1.54) is 0 Å². The molecule has 2 aromatic carbocycles. The molecule has 0 aromatic heterocycles. The quantitative estimate of drug-likeness (QED) is 0.648. The summed E-state index contributed by atoms with van der Waals surface area (Å²) in [5.41, 5.74) is 1.98. The number of benzene rings is 2. The number of hydrogen-bond acceptors (Lipinski definition) is 2. The number of halogens is 4. The molecule has 0 heterocycles. The molecular weight excluding hydrogens is 350 g/mol. The monoisotopic (exact) mass is 358 g/mol. The summed E-state index contributed by atoms with van der Waals surface area (Å²) in [6.07, 6.45) is 0. The van der Waals surface area contributed by atoms with Crippen molar-refractivity contribution in [2.45, 2.75) is 13.0 Å². The topological polar surface area (TPSA) is 35.8 Å². The van der Waals surface area contributed by atoms with Crippen LogP contribution in [0.5, 0.6) is 0 Å². The van der Waals surface area contributed by atoms with Crippen molar-refractivity contribution in [2.24, 2.45) is 0 Å². The van der Waals surface area contributed by atoms with Gasteiger partial charge in [0.15, 0.2) is 0 Å². The number of anilines is 1. The first-order valence-electron chi connectivity index (χ1n) is 6.03. The maximum atomic E-state index is 8.94. The predicted molar refractivity (Wildman–Crippen MR) is 89.7 cm³/mol. The zero-order valence-corrected chi connectivity index (χ0v) is 13.9. The highest BCUT2D eigenvalue weighted by Gasteiger charge is 2.15. The standard InChI is InChI=1S/C15H10Cl4N2/c1-8(10-3-5-12(17)15(19)14(10)18)21-13-6-9(7-20)2-4-11(13)16/h2-6,8,21H,1H3. The van der Waals surface area contributed by atoms with Crippen LogP contribution in [0.4, 0.5) is 5.69 Å². The fourth-order valence-electron chi connectivity index (χ4n) is 1.89. The molecule has 2 aromatic rings. The third-order valence-corrected chi connectivity index (χ3v) is 4.64. The second-order valence-electron chi connectivity index (χ2n) is 4.44. The third-order valence-electron chi connectivity index (χ3n) is 3.00. The number of hydrogen-bond donors (Lipinski definition) is 1. The Morgan fingerprint density at radius 3 is 2.33 bits per heavy atom. The maximum absolute atomic E-state index is 8.94. The minimum atomic E-state index is -0.154. The average Bonchev–Trinajstić information content (AvgIpc) is 2.47. The Morgan fingerprint density at radius 2 is 1.67 bits per heavy atom. The van der Waals surface area contributed by atoms with Crippen molar-refractivity contribution < 1.29 is 0 Å². The normalized spacial score (nSPS) is 11.8. The van der Waals surface area contributed by atoms with Gasteiger partial charge in [-0.3, -0.25) is 0 Å². The second kappa shape index (κ2) is 6.77. The van der Waals surface area contributed by atoms with Gasteiger partial charge in [0, 0.05) is 0 Å². The molecule has 2 nitrogen and oxygen atoms in total.